The average Bonchev–Trinajstić information content (AvgIpc) is 2.45. The standard InChI is InChI=1S/C16H25BrN2/c1-2-15-8-3-4-10-19(15)11-9-16(18)13-6-5-7-14(17)12-13/h5-7,12,15-16H,2-4,8-11,18H2,1H3. The summed E-state index contributed by atoms with van der Waals surface area (Å²) in [5.41, 5.74) is 7.56. The Bertz CT molecular complexity index is 394. The van der Waals surface area contributed by atoms with Crippen molar-refractivity contribution in [1.82, 2.24) is 4.90 Å². The van der Waals surface area contributed by atoms with Gasteiger partial charge in [-0.15, -0.1) is 0 Å². The number of halogens is 1. The smallest absolute Gasteiger partial charge is 0.0307 e. The molecule has 3 heteroatoms. The minimum absolute atomic E-state index is 0.150. The molecule has 2 nitrogen and oxygen atoms in total. The van der Waals surface area contributed by atoms with Gasteiger partial charge in [0.2, 0.25) is 0 Å². The largest absolute Gasteiger partial charge is 0.324 e. The van der Waals surface area contributed by atoms with E-state index in [9.17, 15) is 0 Å². The number of likely N-dealkylation sites (tertiary alicyclic amines) is 1. The highest BCUT2D eigenvalue weighted by molar-refractivity contribution is 9.10. The molecule has 1 aliphatic rings. The molecule has 19 heavy (non-hydrogen) atoms. The SMILES string of the molecule is CCC1CCCCN1CCC(N)c1cccc(Br)c1. The summed E-state index contributed by atoms with van der Waals surface area (Å²) < 4.78 is 1.12. The summed E-state index contributed by atoms with van der Waals surface area (Å²) in [5.74, 6) is 0. The zero-order valence-corrected chi connectivity index (χ0v) is 13.4. The van der Waals surface area contributed by atoms with Gasteiger partial charge in [-0.25, -0.2) is 0 Å². The van der Waals surface area contributed by atoms with Crippen LogP contribution in [0.4, 0.5) is 0 Å². The lowest BCUT2D eigenvalue weighted by Gasteiger charge is -2.35. The Balaban J connectivity index is 1.87. The fourth-order valence-electron chi connectivity index (χ4n) is 3.03. The molecule has 0 bridgehead atoms. The number of benzene rings is 1. The van der Waals surface area contributed by atoms with Crippen LogP contribution in [0, 0.1) is 0 Å². The van der Waals surface area contributed by atoms with Crippen molar-refractivity contribution in [2.75, 3.05) is 13.1 Å². The lowest BCUT2D eigenvalue weighted by molar-refractivity contribution is 0.139. The Morgan fingerprint density at radius 3 is 3.00 bits per heavy atom. The predicted octanol–water partition coefficient (Wildman–Crippen LogP) is 4.10. The fourth-order valence-corrected chi connectivity index (χ4v) is 3.44. The molecule has 106 valence electrons. The zero-order chi connectivity index (χ0) is 13.7. The Hall–Kier alpha value is -0.380. The van der Waals surface area contributed by atoms with Crippen molar-refractivity contribution in [1.29, 1.82) is 0 Å². The van der Waals surface area contributed by atoms with Crippen molar-refractivity contribution in [3.63, 3.8) is 0 Å². The van der Waals surface area contributed by atoms with E-state index in [0.29, 0.717) is 0 Å². The minimum Gasteiger partial charge on any atom is -0.324 e. The van der Waals surface area contributed by atoms with Crippen molar-refractivity contribution in [3.8, 4) is 0 Å². The van der Waals surface area contributed by atoms with Crippen molar-refractivity contribution < 1.29 is 0 Å². The molecule has 1 aromatic rings. The maximum atomic E-state index is 6.32. The van der Waals surface area contributed by atoms with E-state index < -0.39 is 0 Å². The van der Waals surface area contributed by atoms with Gasteiger partial charge < -0.3 is 10.6 Å². The Kier molecular flexibility index (Phi) is 5.86. The molecule has 0 aromatic heterocycles. The second-order valence-electron chi connectivity index (χ2n) is 5.54. The Morgan fingerprint density at radius 2 is 2.26 bits per heavy atom. The zero-order valence-electron chi connectivity index (χ0n) is 11.8. The topological polar surface area (TPSA) is 29.3 Å². The normalized spacial score (nSPS) is 22.4. The van der Waals surface area contributed by atoms with Gasteiger partial charge in [-0.1, -0.05) is 41.4 Å². The van der Waals surface area contributed by atoms with Gasteiger partial charge in [-0.05, 0) is 49.9 Å². The Morgan fingerprint density at radius 1 is 1.42 bits per heavy atom. The van der Waals surface area contributed by atoms with Crippen LogP contribution in [0.15, 0.2) is 28.7 Å². The fraction of sp³-hybridized carbons (Fsp3) is 0.625. The monoisotopic (exact) mass is 324 g/mol. The van der Waals surface area contributed by atoms with Crippen LogP contribution in [0.5, 0.6) is 0 Å². The van der Waals surface area contributed by atoms with E-state index in [-0.39, 0.29) is 6.04 Å². The lowest BCUT2D eigenvalue weighted by atomic mass is 9.98. The number of hydrogen-bond acceptors (Lipinski definition) is 2. The predicted molar refractivity (Wildman–Crippen MR) is 85.2 cm³/mol. The number of nitrogens with two attached hydrogens (primary N) is 1. The molecule has 1 heterocycles. The van der Waals surface area contributed by atoms with E-state index in [2.05, 4.69) is 46.0 Å². The maximum Gasteiger partial charge on any atom is 0.0307 e. The van der Waals surface area contributed by atoms with Gasteiger partial charge in [-0.2, -0.15) is 0 Å². The van der Waals surface area contributed by atoms with Gasteiger partial charge in [-0.3, -0.25) is 0 Å². The van der Waals surface area contributed by atoms with Crippen LogP contribution in [-0.2, 0) is 0 Å². The molecule has 2 atom stereocenters. The maximum absolute atomic E-state index is 6.32. The third kappa shape index (κ3) is 4.30. The van der Waals surface area contributed by atoms with E-state index in [1.165, 1.54) is 37.8 Å². The van der Waals surface area contributed by atoms with Crippen molar-refractivity contribution in [2.24, 2.45) is 5.73 Å². The molecular weight excluding hydrogens is 300 g/mol. The van der Waals surface area contributed by atoms with Gasteiger partial charge in [0.15, 0.2) is 0 Å². The van der Waals surface area contributed by atoms with Crippen molar-refractivity contribution >= 4 is 15.9 Å². The molecule has 1 saturated heterocycles. The van der Waals surface area contributed by atoms with E-state index >= 15 is 0 Å². The van der Waals surface area contributed by atoms with Crippen LogP contribution in [0.25, 0.3) is 0 Å². The first-order valence-electron chi connectivity index (χ1n) is 7.45. The van der Waals surface area contributed by atoms with E-state index in [4.69, 9.17) is 5.73 Å². The van der Waals surface area contributed by atoms with Crippen LogP contribution in [0.2, 0.25) is 0 Å². The molecule has 2 N–H and O–H groups in total. The summed E-state index contributed by atoms with van der Waals surface area (Å²) in [4.78, 5) is 2.64. The van der Waals surface area contributed by atoms with Crippen molar-refractivity contribution in [3.05, 3.63) is 34.3 Å². The first-order valence-corrected chi connectivity index (χ1v) is 8.25. The number of rotatable bonds is 5. The summed E-state index contributed by atoms with van der Waals surface area (Å²) in [6.07, 6.45) is 6.43. The van der Waals surface area contributed by atoms with Gasteiger partial charge in [0.05, 0.1) is 0 Å². The minimum atomic E-state index is 0.150. The molecule has 0 radical (unpaired) electrons. The molecule has 0 aliphatic carbocycles. The molecule has 1 aromatic carbocycles. The summed E-state index contributed by atoms with van der Waals surface area (Å²) >= 11 is 3.51. The molecule has 1 aliphatic heterocycles. The molecule has 2 rings (SSSR count). The highest BCUT2D eigenvalue weighted by Gasteiger charge is 2.21. The second-order valence-corrected chi connectivity index (χ2v) is 6.46. The first kappa shape index (κ1) is 15.0. The highest BCUT2D eigenvalue weighted by atomic mass is 79.9. The Labute approximate surface area is 125 Å². The second kappa shape index (κ2) is 7.41. The number of nitrogens with zero attached hydrogens (tertiary/aromatic N) is 1. The lowest BCUT2D eigenvalue weighted by Crippen LogP contribution is -2.40. The van der Waals surface area contributed by atoms with Crippen LogP contribution >= 0.6 is 15.9 Å². The summed E-state index contributed by atoms with van der Waals surface area (Å²) in [7, 11) is 0. The van der Waals surface area contributed by atoms with Gasteiger partial charge >= 0.3 is 0 Å². The molecule has 2 unspecified atom stereocenters. The van der Waals surface area contributed by atoms with E-state index in [0.717, 1.165) is 23.5 Å². The quantitative estimate of drug-likeness (QED) is 0.883. The van der Waals surface area contributed by atoms with E-state index in [1.807, 2.05) is 6.07 Å². The highest BCUT2D eigenvalue weighted by Crippen LogP contribution is 2.23. The van der Waals surface area contributed by atoms with E-state index in [1.54, 1.807) is 0 Å². The molecule has 0 spiro atoms. The molecule has 0 saturated carbocycles. The number of hydrogen-bond donors (Lipinski definition) is 1. The molecule has 0 amide bonds. The summed E-state index contributed by atoms with van der Waals surface area (Å²) in [6.45, 7) is 4.69. The van der Waals surface area contributed by atoms with Crippen LogP contribution in [-0.4, -0.2) is 24.0 Å². The van der Waals surface area contributed by atoms with Crippen LogP contribution in [0.1, 0.15) is 50.6 Å². The first-order chi connectivity index (χ1) is 9.20. The van der Waals surface area contributed by atoms with Gasteiger partial charge in [0.1, 0.15) is 0 Å². The van der Waals surface area contributed by atoms with Gasteiger partial charge in [0.25, 0.3) is 0 Å². The third-order valence-electron chi connectivity index (χ3n) is 4.22. The summed E-state index contributed by atoms with van der Waals surface area (Å²) in [6, 6.07) is 9.31. The number of piperidine rings is 1. The summed E-state index contributed by atoms with van der Waals surface area (Å²) in [5, 5.41) is 0. The van der Waals surface area contributed by atoms with Crippen molar-refractivity contribution in [2.45, 2.75) is 51.1 Å². The van der Waals surface area contributed by atoms with Crippen LogP contribution < -0.4 is 5.73 Å². The van der Waals surface area contributed by atoms with Crippen LogP contribution in [0.3, 0.4) is 0 Å². The molecule has 1 fully saturated rings. The average molecular weight is 325 g/mol. The molecular formula is C16H25BrN2. The van der Waals surface area contributed by atoms with Gasteiger partial charge in [0, 0.05) is 23.1 Å². The third-order valence-corrected chi connectivity index (χ3v) is 4.72.